The standard InChI is InChI=1S/C54H35N3O2/c1-54(2)44-19-8-6-16-38(44)41-29-35(22-25-45(41)54)33-14-10-15-34(28-33)36-23-26-48-43(30-36)50-40(18-11-21-49(50)59-48)53-56-51(32-12-4-3-5-13-32)55-52(57-53)37-24-27-47-42(31-37)39-17-7-9-20-46(39)58-47/h3-31H,1-2H3. The second-order valence-electron chi connectivity index (χ2n) is 16.0. The Morgan fingerprint density at radius 1 is 0.339 bits per heavy atom. The SMILES string of the molecule is CC1(C)c2ccccc2-c2cc(-c3cccc(-c4ccc5oc6cccc(-c7nc(-c8ccccc8)nc(-c8ccc9oc%10ccccc%10c9c8)n7)c6c5c4)c3)ccc21. The summed E-state index contributed by atoms with van der Waals surface area (Å²) >= 11 is 0. The van der Waals surface area contributed by atoms with Crippen LogP contribution in [0.15, 0.2) is 185 Å². The lowest BCUT2D eigenvalue weighted by atomic mass is 9.82. The lowest BCUT2D eigenvalue weighted by Gasteiger charge is -2.21. The van der Waals surface area contributed by atoms with E-state index in [4.69, 9.17) is 23.8 Å². The number of benzene rings is 8. The van der Waals surface area contributed by atoms with Crippen molar-refractivity contribution in [2.45, 2.75) is 19.3 Å². The molecule has 0 amide bonds. The number of para-hydroxylation sites is 1. The van der Waals surface area contributed by atoms with E-state index >= 15 is 0 Å². The van der Waals surface area contributed by atoms with Crippen molar-refractivity contribution in [2.75, 3.05) is 0 Å². The van der Waals surface area contributed by atoms with Crippen molar-refractivity contribution < 1.29 is 8.83 Å². The summed E-state index contributed by atoms with van der Waals surface area (Å²) in [6.45, 7) is 4.65. The topological polar surface area (TPSA) is 65.0 Å². The molecule has 5 heteroatoms. The van der Waals surface area contributed by atoms with Crippen LogP contribution in [0, 0.1) is 0 Å². The van der Waals surface area contributed by atoms with Gasteiger partial charge in [0.1, 0.15) is 22.3 Å². The van der Waals surface area contributed by atoms with E-state index in [0.717, 1.165) is 71.7 Å². The van der Waals surface area contributed by atoms with Gasteiger partial charge in [0.2, 0.25) is 0 Å². The first kappa shape index (κ1) is 33.5. The number of nitrogens with zero attached hydrogens (tertiary/aromatic N) is 3. The van der Waals surface area contributed by atoms with Crippen LogP contribution in [0.5, 0.6) is 0 Å². The molecule has 0 aliphatic heterocycles. The maximum Gasteiger partial charge on any atom is 0.164 e. The highest BCUT2D eigenvalue weighted by Crippen LogP contribution is 2.49. The Morgan fingerprint density at radius 3 is 1.75 bits per heavy atom. The second-order valence-corrected chi connectivity index (χ2v) is 16.0. The molecule has 11 aromatic rings. The molecule has 12 rings (SSSR count). The van der Waals surface area contributed by atoms with Gasteiger partial charge in [0.25, 0.3) is 0 Å². The van der Waals surface area contributed by atoms with Crippen LogP contribution < -0.4 is 0 Å². The molecule has 0 atom stereocenters. The number of hydrogen-bond acceptors (Lipinski definition) is 5. The third-order valence-corrected chi connectivity index (χ3v) is 12.2. The number of rotatable bonds is 5. The van der Waals surface area contributed by atoms with E-state index in [-0.39, 0.29) is 5.41 Å². The Bertz CT molecular complexity index is 3480. The first-order chi connectivity index (χ1) is 29.0. The Balaban J connectivity index is 0.989. The van der Waals surface area contributed by atoms with E-state index in [2.05, 4.69) is 117 Å². The summed E-state index contributed by atoms with van der Waals surface area (Å²) in [5.41, 5.74) is 15.9. The third kappa shape index (κ3) is 5.28. The smallest absolute Gasteiger partial charge is 0.164 e. The van der Waals surface area contributed by atoms with E-state index in [0.29, 0.717) is 17.5 Å². The summed E-state index contributed by atoms with van der Waals surface area (Å²) < 4.78 is 12.7. The Labute approximate surface area is 340 Å². The minimum atomic E-state index is -0.0240. The van der Waals surface area contributed by atoms with Crippen LogP contribution in [0.3, 0.4) is 0 Å². The highest BCUT2D eigenvalue weighted by Gasteiger charge is 2.35. The van der Waals surface area contributed by atoms with Crippen molar-refractivity contribution >= 4 is 43.9 Å². The Morgan fingerprint density at radius 2 is 0.881 bits per heavy atom. The van der Waals surface area contributed by atoms with Crippen LogP contribution in [0.1, 0.15) is 25.0 Å². The zero-order valence-corrected chi connectivity index (χ0v) is 32.4. The molecular weight excluding hydrogens is 723 g/mol. The van der Waals surface area contributed by atoms with Gasteiger partial charge in [0.05, 0.1) is 0 Å². The Hall–Kier alpha value is -7.63. The summed E-state index contributed by atoms with van der Waals surface area (Å²) in [6, 6.07) is 61.5. The molecule has 5 nitrogen and oxygen atoms in total. The average Bonchev–Trinajstić information content (AvgIpc) is 3.93. The largest absolute Gasteiger partial charge is 0.456 e. The van der Waals surface area contributed by atoms with Crippen LogP contribution >= 0.6 is 0 Å². The van der Waals surface area contributed by atoms with Gasteiger partial charge in [-0.3, -0.25) is 0 Å². The van der Waals surface area contributed by atoms with Crippen LogP contribution in [-0.2, 0) is 5.41 Å². The summed E-state index contributed by atoms with van der Waals surface area (Å²) in [7, 11) is 0. The van der Waals surface area contributed by atoms with E-state index in [9.17, 15) is 0 Å². The predicted octanol–water partition coefficient (Wildman–Crippen LogP) is 14.3. The molecule has 8 aromatic carbocycles. The van der Waals surface area contributed by atoms with Crippen molar-refractivity contribution in [1.29, 1.82) is 0 Å². The lowest BCUT2D eigenvalue weighted by Crippen LogP contribution is -2.14. The van der Waals surface area contributed by atoms with Gasteiger partial charge in [0.15, 0.2) is 17.5 Å². The normalized spacial score (nSPS) is 13.1. The fourth-order valence-electron chi connectivity index (χ4n) is 9.18. The monoisotopic (exact) mass is 757 g/mol. The molecule has 0 saturated heterocycles. The van der Waals surface area contributed by atoms with Crippen LogP contribution in [0.4, 0.5) is 0 Å². The predicted molar refractivity (Wildman–Crippen MR) is 239 cm³/mol. The highest BCUT2D eigenvalue weighted by molar-refractivity contribution is 6.13. The van der Waals surface area contributed by atoms with Gasteiger partial charge in [-0.05, 0) is 99.1 Å². The first-order valence-electron chi connectivity index (χ1n) is 20.0. The van der Waals surface area contributed by atoms with Crippen molar-refractivity contribution in [3.8, 4) is 67.5 Å². The molecule has 1 aliphatic rings. The number of furan rings is 2. The highest BCUT2D eigenvalue weighted by atomic mass is 16.3. The molecule has 0 saturated carbocycles. The average molecular weight is 758 g/mol. The molecule has 3 heterocycles. The summed E-state index contributed by atoms with van der Waals surface area (Å²) in [4.78, 5) is 15.4. The lowest BCUT2D eigenvalue weighted by molar-refractivity contribution is 0.660. The van der Waals surface area contributed by atoms with Gasteiger partial charge in [0, 0.05) is 43.7 Å². The van der Waals surface area contributed by atoms with E-state index < -0.39 is 0 Å². The van der Waals surface area contributed by atoms with Gasteiger partial charge >= 0.3 is 0 Å². The molecule has 0 N–H and O–H groups in total. The van der Waals surface area contributed by atoms with Gasteiger partial charge in [-0.25, -0.2) is 15.0 Å². The molecule has 0 fully saturated rings. The van der Waals surface area contributed by atoms with Crippen molar-refractivity contribution in [2.24, 2.45) is 0 Å². The van der Waals surface area contributed by atoms with Crippen molar-refractivity contribution in [1.82, 2.24) is 15.0 Å². The maximum absolute atomic E-state index is 6.51. The van der Waals surface area contributed by atoms with Crippen LogP contribution in [-0.4, -0.2) is 15.0 Å². The van der Waals surface area contributed by atoms with Gasteiger partial charge in [-0.2, -0.15) is 0 Å². The third-order valence-electron chi connectivity index (χ3n) is 12.2. The van der Waals surface area contributed by atoms with Gasteiger partial charge in [-0.1, -0.05) is 135 Å². The number of hydrogen-bond donors (Lipinski definition) is 0. The first-order valence-corrected chi connectivity index (χ1v) is 20.0. The second kappa shape index (κ2) is 12.7. The molecule has 0 bridgehead atoms. The van der Waals surface area contributed by atoms with E-state index in [1.807, 2.05) is 72.8 Å². The molecule has 0 unspecified atom stereocenters. The minimum absolute atomic E-state index is 0.0240. The maximum atomic E-state index is 6.51. The molecule has 278 valence electrons. The fraction of sp³-hybridized carbons (Fsp3) is 0.0556. The van der Waals surface area contributed by atoms with E-state index in [1.54, 1.807) is 0 Å². The van der Waals surface area contributed by atoms with Crippen molar-refractivity contribution in [3.05, 3.63) is 187 Å². The van der Waals surface area contributed by atoms with Crippen molar-refractivity contribution in [3.63, 3.8) is 0 Å². The molecule has 3 aromatic heterocycles. The van der Waals surface area contributed by atoms with Gasteiger partial charge < -0.3 is 8.83 Å². The van der Waals surface area contributed by atoms with Crippen LogP contribution in [0.2, 0.25) is 0 Å². The van der Waals surface area contributed by atoms with Crippen LogP contribution in [0.25, 0.3) is 111 Å². The summed E-state index contributed by atoms with van der Waals surface area (Å²) in [6.07, 6.45) is 0. The molecule has 1 aliphatic carbocycles. The minimum Gasteiger partial charge on any atom is -0.456 e. The zero-order valence-electron chi connectivity index (χ0n) is 32.4. The zero-order chi connectivity index (χ0) is 39.2. The molecule has 0 radical (unpaired) electrons. The van der Waals surface area contributed by atoms with Gasteiger partial charge in [-0.15, -0.1) is 0 Å². The number of aromatic nitrogens is 3. The fourth-order valence-corrected chi connectivity index (χ4v) is 9.18. The number of fused-ring (bicyclic) bond motifs is 9. The quantitative estimate of drug-likeness (QED) is 0.175. The molecular formula is C54H35N3O2. The molecule has 0 spiro atoms. The molecule has 59 heavy (non-hydrogen) atoms. The summed E-state index contributed by atoms with van der Waals surface area (Å²) in [5.74, 6) is 1.76. The summed E-state index contributed by atoms with van der Waals surface area (Å²) in [5, 5.41) is 4.04. The van der Waals surface area contributed by atoms with E-state index in [1.165, 1.54) is 33.4 Å². The Kier molecular flexibility index (Phi) is 7.20.